The third kappa shape index (κ3) is 6.41. The number of likely N-dealkylation sites (N-methyl/N-ethyl adjacent to an activating group) is 1. The fourth-order valence-electron chi connectivity index (χ4n) is 4.51. The minimum absolute atomic E-state index is 0.181. The summed E-state index contributed by atoms with van der Waals surface area (Å²) in [6.07, 6.45) is 2.63. The number of nitrogens with zero attached hydrogens (tertiary/aromatic N) is 6. The molecule has 0 aliphatic rings. The normalized spacial score (nSPS) is 12.1. The molecule has 1 N–H and O–H groups in total. The van der Waals surface area contributed by atoms with Gasteiger partial charge in [0.1, 0.15) is 12.4 Å². The molecule has 5 aromatic rings. The number of benzene rings is 2. The van der Waals surface area contributed by atoms with Gasteiger partial charge in [-0.05, 0) is 56.3 Å². The van der Waals surface area contributed by atoms with Crippen LogP contribution in [0.4, 0.5) is 4.39 Å². The summed E-state index contributed by atoms with van der Waals surface area (Å²) in [6.45, 7) is 4.72. The van der Waals surface area contributed by atoms with Crippen molar-refractivity contribution >= 4 is 0 Å². The number of aromatic nitrogens is 6. The van der Waals surface area contributed by atoms with Crippen molar-refractivity contribution in [2.45, 2.75) is 32.6 Å². The smallest absolute Gasteiger partial charge is 0.349 e. The van der Waals surface area contributed by atoms with Gasteiger partial charge in [-0.15, -0.1) is 5.10 Å². The molecule has 0 amide bonds. The first-order valence-corrected chi connectivity index (χ1v) is 13.4. The van der Waals surface area contributed by atoms with Gasteiger partial charge in [0, 0.05) is 30.8 Å². The molecule has 1 unspecified atom stereocenters. The van der Waals surface area contributed by atoms with Gasteiger partial charge >= 0.3 is 5.69 Å². The molecule has 0 saturated carbocycles. The summed E-state index contributed by atoms with van der Waals surface area (Å²) in [5.74, 6) is 0.753. The Kier molecular flexibility index (Phi) is 8.34. The van der Waals surface area contributed by atoms with Gasteiger partial charge in [-0.25, -0.2) is 14.2 Å². The second-order valence-electron chi connectivity index (χ2n) is 10.0. The Morgan fingerprint density at radius 2 is 1.93 bits per heavy atom. The lowest BCUT2D eigenvalue weighted by molar-refractivity contribution is 0.251. The summed E-state index contributed by atoms with van der Waals surface area (Å²) in [6, 6.07) is 16.4. The van der Waals surface area contributed by atoms with Gasteiger partial charge in [0.2, 0.25) is 11.7 Å². The highest BCUT2D eigenvalue weighted by Crippen LogP contribution is 2.34. The molecule has 1 atom stereocenters. The summed E-state index contributed by atoms with van der Waals surface area (Å²) >= 11 is 0. The van der Waals surface area contributed by atoms with E-state index in [0.717, 1.165) is 16.7 Å². The van der Waals surface area contributed by atoms with Gasteiger partial charge < -0.3 is 14.2 Å². The highest BCUT2D eigenvalue weighted by Gasteiger charge is 2.26. The number of aromatic amines is 1. The van der Waals surface area contributed by atoms with Gasteiger partial charge in [-0.3, -0.25) is 4.98 Å². The van der Waals surface area contributed by atoms with E-state index in [9.17, 15) is 4.79 Å². The maximum Gasteiger partial charge on any atom is 0.349 e. The van der Waals surface area contributed by atoms with Crippen LogP contribution in [0.2, 0.25) is 0 Å². The van der Waals surface area contributed by atoms with Crippen molar-refractivity contribution in [3.63, 3.8) is 0 Å². The Hall–Kier alpha value is -4.64. The van der Waals surface area contributed by atoms with E-state index in [4.69, 9.17) is 9.26 Å². The van der Waals surface area contributed by atoms with Crippen LogP contribution >= 0.6 is 0 Å². The zero-order valence-corrected chi connectivity index (χ0v) is 23.5. The minimum atomic E-state index is -0.617. The average Bonchev–Trinajstić information content (AvgIpc) is 3.58. The summed E-state index contributed by atoms with van der Waals surface area (Å²) in [5.41, 5.74) is 2.56. The lowest BCUT2D eigenvalue weighted by Crippen LogP contribution is -2.20. The molecule has 2 aromatic carbocycles. The van der Waals surface area contributed by atoms with E-state index in [1.54, 1.807) is 37.4 Å². The van der Waals surface area contributed by atoms with Crippen molar-refractivity contribution in [2.75, 3.05) is 27.2 Å². The van der Waals surface area contributed by atoms with Crippen LogP contribution in [0.25, 0.3) is 17.2 Å². The minimum Gasteiger partial charge on any atom is -0.489 e. The van der Waals surface area contributed by atoms with Crippen LogP contribution in [-0.4, -0.2) is 62.0 Å². The van der Waals surface area contributed by atoms with E-state index in [-0.39, 0.29) is 5.75 Å². The number of ether oxygens (including phenoxy) is 1. The van der Waals surface area contributed by atoms with Gasteiger partial charge in [0.25, 0.3) is 0 Å². The molecular formula is C30H32FN7O3. The van der Waals surface area contributed by atoms with Gasteiger partial charge in [-0.1, -0.05) is 48.5 Å². The Morgan fingerprint density at radius 1 is 1.12 bits per heavy atom. The molecule has 0 aliphatic heterocycles. The maximum absolute atomic E-state index is 16.2. The van der Waals surface area contributed by atoms with Crippen LogP contribution in [0.1, 0.15) is 41.2 Å². The molecule has 0 aliphatic carbocycles. The van der Waals surface area contributed by atoms with E-state index >= 15 is 4.39 Å². The molecular weight excluding hydrogens is 525 g/mol. The van der Waals surface area contributed by atoms with Crippen LogP contribution in [0.15, 0.2) is 70.1 Å². The second kappa shape index (κ2) is 12.3. The molecule has 3 heterocycles. The molecule has 11 heteroatoms. The Morgan fingerprint density at radius 3 is 2.59 bits per heavy atom. The predicted octanol–water partition coefficient (Wildman–Crippen LogP) is 4.33. The van der Waals surface area contributed by atoms with Crippen molar-refractivity contribution in [3.8, 4) is 23.0 Å². The van der Waals surface area contributed by atoms with Gasteiger partial charge in [-0.2, -0.15) is 9.67 Å². The molecule has 0 saturated heterocycles. The quantitative estimate of drug-likeness (QED) is 0.255. The largest absolute Gasteiger partial charge is 0.489 e. The van der Waals surface area contributed by atoms with Crippen molar-refractivity contribution in [1.29, 1.82) is 0 Å². The molecule has 0 spiro atoms. The van der Waals surface area contributed by atoms with Crippen molar-refractivity contribution in [2.24, 2.45) is 0 Å². The number of nitrogens with one attached hydrogen (secondary N) is 1. The summed E-state index contributed by atoms with van der Waals surface area (Å²) in [5, 5.41) is 8.55. The zero-order valence-electron chi connectivity index (χ0n) is 23.5. The van der Waals surface area contributed by atoms with Gasteiger partial charge in [0.15, 0.2) is 17.4 Å². The summed E-state index contributed by atoms with van der Waals surface area (Å²) in [4.78, 5) is 26.3. The first-order chi connectivity index (χ1) is 19.8. The topological polar surface area (TPSA) is 115 Å². The Bertz CT molecular complexity index is 1660. The molecule has 0 radical (unpaired) electrons. The van der Waals surface area contributed by atoms with E-state index in [1.165, 1.54) is 4.68 Å². The summed E-state index contributed by atoms with van der Waals surface area (Å²) < 4.78 is 28.3. The molecule has 5 rings (SSSR count). The lowest BCUT2D eigenvalue weighted by Gasteiger charge is -2.20. The zero-order chi connectivity index (χ0) is 28.9. The lowest BCUT2D eigenvalue weighted by atomic mass is 9.89. The number of H-pyrrole nitrogens is 1. The van der Waals surface area contributed by atoms with Crippen LogP contribution in [0, 0.1) is 12.7 Å². The number of aryl methyl sites for hydroxylation is 2. The van der Waals surface area contributed by atoms with Crippen molar-refractivity contribution in [1.82, 2.24) is 34.8 Å². The monoisotopic (exact) mass is 557 g/mol. The molecule has 212 valence electrons. The molecule has 0 bridgehead atoms. The predicted molar refractivity (Wildman–Crippen MR) is 152 cm³/mol. The van der Waals surface area contributed by atoms with Crippen molar-refractivity contribution in [3.05, 3.63) is 106 Å². The number of rotatable bonds is 11. The Balaban J connectivity index is 1.56. The fourth-order valence-corrected chi connectivity index (χ4v) is 4.51. The number of hydrogen-bond acceptors (Lipinski definition) is 8. The molecule has 41 heavy (non-hydrogen) atoms. The number of pyridine rings is 1. The average molecular weight is 558 g/mol. The van der Waals surface area contributed by atoms with Crippen LogP contribution in [-0.2, 0) is 12.8 Å². The van der Waals surface area contributed by atoms with E-state index in [0.29, 0.717) is 54.9 Å². The molecule has 10 nitrogen and oxygen atoms in total. The van der Waals surface area contributed by atoms with Crippen LogP contribution in [0.5, 0.6) is 5.75 Å². The first kappa shape index (κ1) is 27.9. The summed E-state index contributed by atoms with van der Waals surface area (Å²) in [7, 11) is 3.87. The highest BCUT2D eigenvalue weighted by atomic mass is 19.1. The van der Waals surface area contributed by atoms with E-state index < -0.39 is 17.4 Å². The van der Waals surface area contributed by atoms with Crippen LogP contribution in [0.3, 0.4) is 0 Å². The Labute approximate surface area is 236 Å². The molecule has 3 aromatic heterocycles. The molecule has 0 fully saturated rings. The van der Waals surface area contributed by atoms with E-state index in [1.807, 2.05) is 56.3 Å². The second-order valence-corrected chi connectivity index (χ2v) is 10.0. The number of hydrogen-bond donors (Lipinski definition) is 1. The standard InChI is InChI=1S/C30H32FN7O3/c1-5-20-16-23(27(31)25(18-20)40-15-14-37(3)4)24(29-34-30(39)38(35-29)26-8-6-7-13-32-26)17-21-9-11-22(12-10-21)28-33-19(2)41-36-28/h6-13,16,18,24H,5,14-15,17H2,1-4H3,(H,34,35,39). The third-order valence-corrected chi connectivity index (χ3v) is 6.72. The van der Waals surface area contributed by atoms with Crippen LogP contribution < -0.4 is 10.4 Å². The highest BCUT2D eigenvalue weighted by molar-refractivity contribution is 5.55. The van der Waals surface area contributed by atoms with Crippen molar-refractivity contribution < 1.29 is 13.7 Å². The SMILES string of the molecule is CCc1cc(OCCN(C)C)c(F)c(C(Cc2ccc(-c3noc(C)n3)cc2)c2nn(-c3ccccn3)c(=O)[nH]2)c1. The fraction of sp³-hybridized carbons (Fsp3) is 0.300. The third-order valence-electron chi connectivity index (χ3n) is 6.72. The first-order valence-electron chi connectivity index (χ1n) is 13.4. The number of halogens is 1. The van der Waals surface area contributed by atoms with E-state index in [2.05, 4.69) is 25.2 Å². The maximum atomic E-state index is 16.2. The van der Waals surface area contributed by atoms with Gasteiger partial charge in [0.05, 0.1) is 5.92 Å².